The van der Waals surface area contributed by atoms with Gasteiger partial charge in [-0.25, -0.2) is 0 Å². The van der Waals surface area contributed by atoms with Crippen LogP contribution in [0.15, 0.2) is 64.0 Å². The number of benzene rings is 3. The van der Waals surface area contributed by atoms with Crippen molar-refractivity contribution in [2.24, 2.45) is 0 Å². The van der Waals surface area contributed by atoms with Crippen LogP contribution in [0.25, 0.3) is 6.08 Å². The fraction of sp³-hybridized carbons (Fsp3) is 0.148. The van der Waals surface area contributed by atoms with Gasteiger partial charge in [-0.3, -0.25) is 19.3 Å². The first-order valence-corrected chi connectivity index (χ1v) is 13.6. The van der Waals surface area contributed by atoms with Gasteiger partial charge in [0.25, 0.3) is 11.1 Å². The molecule has 0 aromatic heterocycles. The Morgan fingerprint density at radius 1 is 1.11 bits per heavy atom. The number of imide groups is 1. The van der Waals surface area contributed by atoms with Crippen molar-refractivity contribution in [1.29, 1.82) is 0 Å². The van der Waals surface area contributed by atoms with E-state index in [0.29, 0.717) is 43.9 Å². The Morgan fingerprint density at radius 2 is 1.84 bits per heavy atom. The van der Waals surface area contributed by atoms with Crippen LogP contribution in [-0.2, 0) is 16.2 Å². The summed E-state index contributed by atoms with van der Waals surface area (Å²) in [5.41, 5.74) is 2.88. The predicted octanol–water partition coefficient (Wildman–Crippen LogP) is 7.33. The number of amides is 3. The van der Waals surface area contributed by atoms with E-state index >= 15 is 0 Å². The lowest BCUT2D eigenvalue weighted by atomic mass is 10.1. The van der Waals surface area contributed by atoms with Crippen LogP contribution in [0.1, 0.15) is 16.7 Å². The Hall–Kier alpha value is -2.98. The Labute approximate surface area is 242 Å². The third kappa shape index (κ3) is 6.71. The zero-order valence-corrected chi connectivity index (χ0v) is 24.1. The monoisotopic (exact) mass is 634 g/mol. The highest BCUT2D eigenvalue weighted by molar-refractivity contribution is 9.10. The molecule has 1 aliphatic rings. The van der Waals surface area contributed by atoms with E-state index in [1.807, 2.05) is 19.1 Å². The van der Waals surface area contributed by atoms with Crippen LogP contribution in [0.4, 0.5) is 10.5 Å². The van der Waals surface area contributed by atoms with Gasteiger partial charge in [-0.2, -0.15) is 0 Å². The Morgan fingerprint density at radius 3 is 2.53 bits per heavy atom. The molecule has 11 heteroatoms. The molecule has 0 bridgehead atoms. The molecule has 0 spiro atoms. The molecule has 196 valence electrons. The van der Waals surface area contributed by atoms with Crippen LogP contribution in [0.5, 0.6) is 11.5 Å². The number of thioether (sulfide) groups is 1. The molecule has 3 aromatic carbocycles. The summed E-state index contributed by atoms with van der Waals surface area (Å²) in [4.78, 5) is 39.0. The fourth-order valence-electron chi connectivity index (χ4n) is 3.50. The molecule has 0 saturated carbocycles. The molecule has 0 unspecified atom stereocenters. The van der Waals surface area contributed by atoms with Crippen LogP contribution in [0.3, 0.4) is 0 Å². The lowest BCUT2D eigenvalue weighted by molar-refractivity contribution is -0.127. The van der Waals surface area contributed by atoms with Crippen molar-refractivity contribution in [1.82, 2.24) is 4.90 Å². The van der Waals surface area contributed by atoms with Crippen molar-refractivity contribution in [2.75, 3.05) is 19.0 Å². The number of carbonyl (C=O) groups excluding carboxylic acids is 3. The number of anilines is 1. The molecule has 3 aromatic rings. The van der Waals surface area contributed by atoms with Crippen LogP contribution < -0.4 is 14.8 Å². The van der Waals surface area contributed by atoms with Crippen LogP contribution in [-0.4, -0.2) is 35.6 Å². The molecule has 0 atom stereocenters. The van der Waals surface area contributed by atoms with Crippen LogP contribution >= 0.6 is 50.9 Å². The summed E-state index contributed by atoms with van der Waals surface area (Å²) >= 11 is 16.3. The van der Waals surface area contributed by atoms with Crippen molar-refractivity contribution in [3.8, 4) is 11.5 Å². The van der Waals surface area contributed by atoms with Crippen molar-refractivity contribution in [3.05, 3.63) is 90.7 Å². The second-order valence-electron chi connectivity index (χ2n) is 8.23. The van der Waals surface area contributed by atoms with Crippen LogP contribution in [0.2, 0.25) is 10.0 Å². The van der Waals surface area contributed by atoms with E-state index in [1.54, 1.807) is 48.5 Å². The van der Waals surface area contributed by atoms with E-state index in [4.69, 9.17) is 32.7 Å². The zero-order valence-electron chi connectivity index (χ0n) is 20.2. The zero-order chi connectivity index (χ0) is 27.4. The number of methoxy groups -OCH3 is 1. The van der Waals surface area contributed by atoms with E-state index in [2.05, 4.69) is 21.2 Å². The minimum Gasteiger partial charge on any atom is -0.493 e. The molecule has 0 radical (unpaired) electrons. The second kappa shape index (κ2) is 12.3. The van der Waals surface area contributed by atoms with Crippen LogP contribution in [0, 0.1) is 6.92 Å². The highest BCUT2D eigenvalue weighted by Gasteiger charge is 2.36. The van der Waals surface area contributed by atoms with Gasteiger partial charge >= 0.3 is 0 Å². The second-order valence-corrected chi connectivity index (χ2v) is 10.9. The first-order chi connectivity index (χ1) is 18.1. The van der Waals surface area contributed by atoms with Crippen molar-refractivity contribution in [2.45, 2.75) is 13.5 Å². The normalized spacial score (nSPS) is 14.2. The number of ether oxygens (including phenoxy) is 2. The van der Waals surface area contributed by atoms with Gasteiger partial charge in [-0.1, -0.05) is 41.4 Å². The van der Waals surface area contributed by atoms with Crippen molar-refractivity contribution in [3.63, 3.8) is 0 Å². The summed E-state index contributed by atoms with van der Waals surface area (Å²) in [7, 11) is 1.51. The quantitative estimate of drug-likeness (QED) is 0.261. The van der Waals surface area contributed by atoms with Gasteiger partial charge in [-0.05, 0) is 93.8 Å². The summed E-state index contributed by atoms with van der Waals surface area (Å²) in [5.74, 6) is -0.147. The molecule has 7 nitrogen and oxygen atoms in total. The number of hydrogen-bond acceptors (Lipinski definition) is 6. The van der Waals surface area contributed by atoms with Crippen molar-refractivity contribution >= 4 is 79.7 Å². The lowest BCUT2D eigenvalue weighted by Gasteiger charge is -2.14. The first kappa shape index (κ1) is 28.0. The number of rotatable bonds is 8. The largest absolute Gasteiger partial charge is 0.493 e. The first-order valence-electron chi connectivity index (χ1n) is 11.2. The molecule has 1 N–H and O–H groups in total. The van der Waals surface area contributed by atoms with Gasteiger partial charge in [0.2, 0.25) is 5.91 Å². The molecular weight excluding hydrogens is 615 g/mol. The van der Waals surface area contributed by atoms with E-state index in [9.17, 15) is 14.4 Å². The molecule has 0 aliphatic carbocycles. The van der Waals surface area contributed by atoms with E-state index in [-0.39, 0.29) is 4.91 Å². The average Bonchev–Trinajstić information content (AvgIpc) is 3.13. The van der Waals surface area contributed by atoms with E-state index in [0.717, 1.165) is 27.8 Å². The number of nitrogens with one attached hydrogen (secondary N) is 1. The van der Waals surface area contributed by atoms with Gasteiger partial charge in [0.05, 0.1) is 16.5 Å². The van der Waals surface area contributed by atoms with Gasteiger partial charge in [0.15, 0.2) is 11.5 Å². The molecule has 1 heterocycles. The van der Waals surface area contributed by atoms with E-state index in [1.165, 1.54) is 7.11 Å². The number of carbonyl (C=O) groups is 3. The highest BCUT2D eigenvalue weighted by atomic mass is 79.9. The highest BCUT2D eigenvalue weighted by Crippen LogP contribution is 2.39. The van der Waals surface area contributed by atoms with E-state index < -0.39 is 23.6 Å². The number of halogens is 3. The topological polar surface area (TPSA) is 84.9 Å². The number of nitrogens with zero attached hydrogens (tertiary/aromatic N) is 1. The summed E-state index contributed by atoms with van der Waals surface area (Å²) in [5, 5.41) is 3.26. The maximum atomic E-state index is 12.9. The standard InChI is InChI=1S/C27H21BrCl2N2O5S/c1-15-3-8-19(12-21(15)30)31-24(33)13-32-26(34)23(38-27(32)35)11-17-9-20(28)25(22(10-17)36-2)37-14-16-4-6-18(29)7-5-16/h3-12H,13-14H2,1-2H3,(H,31,33)/b23-11+. The fourth-order valence-corrected chi connectivity index (χ4v) is 5.22. The van der Waals surface area contributed by atoms with Crippen molar-refractivity contribution < 1.29 is 23.9 Å². The third-order valence-electron chi connectivity index (χ3n) is 5.48. The Balaban J connectivity index is 1.46. The van der Waals surface area contributed by atoms with Gasteiger partial charge in [-0.15, -0.1) is 0 Å². The summed E-state index contributed by atoms with van der Waals surface area (Å²) in [6.07, 6.45) is 1.57. The predicted molar refractivity (Wildman–Crippen MR) is 154 cm³/mol. The lowest BCUT2D eigenvalue weighted by Crippen LogP contribution is -2.36. The molecular formula is C27H21BrCl2N2O5S. The summed E-state index contributed by atoms with van der Waals surface area (Å²) in [6, 6.07) is 15.8. The smallest absolute Gasteiger partial charge is 0.294 e. The molecule has 1 fully saturated rings. The third-order valence-corrected chi connectivity index (χ3v) is 7.63. The molecule has 4 rings (SSSR count). The SMILES string of the molecule is COc1cc(/C=C2/SC(=O)N(CC(=O)Nc3ccc(C)c(Cl)c3)C2=O)cc(Br)c1OCc1ccc(Cl)cc1. The Kier molecular flexibility index (Phi) is 9.04. The minimum atomic E-state index is -0.560. The summed E-state index contributed by atoms with van der Waals surface area (Å²) < 4.78 is 12.0. The number of hydrogen-bond donors (Lipinski definition) is 1. The Bertz CT molecular complexity index is 1450. The minimum absolute atomic E-state index is 0.185. The van der Waals surface area contributed by atoms with Gasteiger partial charge < -0.3 is 14.8 Å². The average molecular weight is 636 g/mol. The molecule has 1 aliphatic heterocycles. The molecule has 38 heavy (non-hydrogen) atoms. The number of aryl methyl sites for hydroxylation is 1. The maximum Gasteiger partial charge on any atom is 0.294 e. The maximum absolute atomic E-state index is 12.9. The van der Waals surface area contributed by atoms with Gasteiger partial charge in [0.1, 0.15) is 13.2 Å². The molecule has 1 saturated heterocycles. The summed E-state index contributed by atoms with van der Waals surface area (Å²) in [6.45, 7) is 1.72. The van der Waals surface area contributed by atoms with Gasteiger partial charge in [0, 0.05) is 15.7 Å². The molecule has 3 amide bonds.